The largest absolute Gasteiger partial charge is 0.383 e. The lowest BCUT2D eigenvalue weighted by Crippen LogP contribution is -2.44. The number of halogens is 1. The van der Waals surface area contributed by atoms with Gasteiger partial charge in [-0.3, -0.25) is 9.89 Å². The highest BCUT2D eigenvalue weighted by molar-refractivity contribution is 7.91. The summed E-state index contributed by atoms with van der Waals surface area (Å²) >= 11 is 0. The number of fused-ring (bicyclic) bond motifs is 1. The molecule has 4 aromatic rings. The number of nitrogens with one attached hydrogen (secondary N) is 3. The van der Waals surface area contributed by atoms with Crippen LogP contribution in [0.5, 0.6) is 0 Å². The maximum absolute atomic E-state index is 13.8. The van der Waals surface area contributed by atoms with Crippen molar-refractivity contribution in [3.8, 4) is 0 Å². The lowest BCUT2D eigenvalue weighted by Gasteiger charge is -2.34. The number of hydrogen-bond acceptors (Lipinski definition) is 8. The molecule has 1 aliphatic rings. The van der Waals surface area contributed by atoms with Gasteiger partial charge in [0.05, 0.1) is 27.5 Å². The van der Waals surface area contributed by atoms with Gasteiger partial charge in [-0.15, -0.1) is 0 Å². The van der Waals surface area contributed by atoms with E-state index in [0.717, 1.165) is 44.4 Å². The summed E-state index contributed by atoms with van der Waals surface area (Å²) in [4.78, 5) is 18.0. The van der Waals surface area contributed by atoms with Gasteiger partial charge < -0.3 is 25.2 Å². The zero-order chi connectivity index (χ0) is 29.9. The van der Waals surface area contributed by atoms with Gasteiger partial charge >= 0.3 is 0 Å². The lowest BCUT2D eigenvalue weighted by atomic mass is 10.1. The van der Waals surface area contributed by atoms with E-state index in [1.165, 1.54) is 30.3 Å². The quantitative estimate of drug-likeness (QED) is 0.248. The second-order valence-electron chi connectivity index (χ2n) is 10.4. The van der Waals surface area contributed by atoms with Crippen LogP contribution in [0.1, 0.15) is 23.7 Å². The number of methoxy groups -OCH3 is 1. The molecule has 2 heterocycles. The van der Waals surface area contributed by atoms with Gasteiger partial charge in [0.15, 0.2) is 5.82 Å². The zero-order valence-corrected chi connectivity index (χ0v) is 24.7. The number of nitrogens with zero attached hydrogens (tertiary/aromatic N) is 3. The van der Waals surface area contributed by atoms with Crippen LogP contribution in [0.4, 0.5) is 21.6 Å². The minimum atomic E-state index is -4.00. The number of carbonyl (C=O) groups excluding carboxylic acids is 1. The van der Waals surface area contributed by atoms with E-state index in [2.05, 4.69) is 37.7 Å². The van der Waals surface area contributed by atoms with Crippen molar-refractivity contribution in [2.45, 2.75) is 29.2 Å². The number of likely N-dealkylation sites (N-methyl/N-ethyl adjacent to an activating group) is 1. The summed E-state index contributed by atoms with van der Waals surface area (Å²) in [6.07, 6.45) is 0.792. The fourth-order valence-electron chi connectivity index (χ4n) is 4.99. The molecule has 1 aromatic heterocycles. The van der Waals surface area contributed by atoms with Gasteiger partial charge in [0.2, 0.25) is 9.84 Å². The molecule has 42 heavy (non-hydrogen) atoms. The number of amides is 1. The van der Waals surface area contributed by atoms with Crippen LogP contribution in [0.2, 0.25) is 0 Å². The van der Waals surface area contributed by atoms with Crippen LogP contribution in [0.25, 0.3) is 10.9 Å². The summed E-state index contributed by atoms with van der Waals surface area (Å²) < 4.78 is 45.6. The van der Waals surface area contributed by atoms with Crippen molar-refractivity contribution in [2.75, 3.05) is 62.5 Å². The predicted molar refractivity (Wildman–Crippen MR) is 162 cm³/mol. The number of carbonyl (C=O) groups is 1. The number of aromatic nitrogens is 2. The molecule has 12 heteroatoms. The Kier molecular flexibility index (Phi) is 8.76. The molecular formula is C30H35FN6O4S. The average Bonchev–Trinajstić information content (AvgIpc) is 3.39. The molecule has 3 aromatic carbocycles. The van der Waals surface area contributed by atoms with Crippen molar-refractivity contribution < 1.29 is 22.3 Å². The van der Waals surface area contributed by atoms with Crippen molar-refractivity contribution in [2.24, 2.45) is 0 Å². The summed E-state index contributed by atoms with van der Waals surface area (Å²) in [5, 5.41) is 13.8. The molecule has 0 spiro atoms. The summed E-state index contributed by atoms with van der Waals surface area (Å²) in [6, 6.07) is 15.0. The zero-order valence-electron chi connectivity index (χ0n) is 23.9. The summed E-state index contributed by atoms with van der Waals surface area (Å²) in [6.45, 7) is 6.20. The summed E-state index contributed by atoms with van der Waals surface area (Å²) in [5.74, 6) is -0.863. The molecular weight excluding hydrogens is 559 g/mol. The number of aromatic amines is 1. The number of H-pyrrole nitrogens is 1. The van der Waals surface area contributed by atoms with Crippen LogP contribution in [-0.2, 0) is 14.6 Å². The molecule has 1 aliphatic heterocycles. The van der Waals surface area contributed by atoms with Crippen LogP contribution >= 0.6 is 0 Å². The van der Waals surface area contributed by atoms with Gasteiger partial charge in [-0.25, -0.2) is 12.8 Å². The number of hydrogen-bond donors (Lipinski definition) is 3. The minimum Gasteiger partial charge on any atom is -0.383 e. The maximum Gasteiger partial charge on any atom is 0.258 e. The smallest absolute Gasteiger partial charge is 0.258 e. The third-order valence-corrected chi connectivity index (χ3v) is 9.27. The van der Waals surface area contributed by atoms with Crippen molar-refractivity contribution in [1.29, 1.82) is 0 Å². The normalized spacial score (nSPS) is 15.1. The van der Waals surface area contributed by atoms with Crippen molar-refractivity contribution in [3.63, 3.8) is 0 Å². The van der Waals surface area contributed by atoms with Crippen LogP contribution in [0.15, 0.2) is 70.5 Å². The van der Waals surface area contributed by atoms with E-state index >= 15 is 0 Å². The molecule has 3 N–H and O–H groups in total. The summed E-state index contributed by atoms with van der Waals surface area (Å²) in [5.41, 5.74) is 2.65. The Labute approximate surface area is 244 Å². The van der Waals surface area contributed by atoms with Gasteiger partial charge in [0.25, 0.3) is 5.91 Å². The Bertz CT molecular complexity index is 1680. The Morgan fingerprint density at radius 2 is 1.83 bits per heavy atom. The molecule has 0 aliphatic carbocycles. The third kappa shape index (κ3) is 6.25. The molecule has 10 nitrogen and oxygen atoms in total. The van der Waals surface area contributed by atoms with Crippen LogP contribution < -0.4 is 15.5 Å². The molecule has 0 radical (unpaired) electrons. The predicted octanol–water partition coefficient (Wildman–Crippen LogP) is 4.38. The second kappa shape index (κ2) is 12.5. The molecule has 1 amide bonds. The average molecular weight is 595 g/mol. The SMILES string of the molecule is CC[C@H](COC)Nc1cc(N2CCN(C)CC2)ccc1C(=O)Nc1n[nH]c2ccc(S(=O)(=O)c3cccc(F)c3)cc12. The Balaban J connectivity index is 1.46. The van der Waals surface area contributed by atoms with E-state index in [4.69, 9.17) is 4.74 Å². The Morgan fingerprint density at radius 3 is 2.55 bits per heavy atom. The molecule has 222 valence electrons. The van der Waals surface area contributed by atoms with Crippen LogP contribution in [0.3, 0.4) is 0 Å². The number of rotatable bonds is 10. The fraction of sp³-hybridized carbons (Fsp3) is 0.333. The topological polar surface area (TPSA) is 120 Å². The molecule has 1 fully saturated rings. The molecule has 0 saturated carbocycles. The van der Waals surface area contributed by atoms with E-state index in [1.54, 1.807) is 19.2 Å². The number of anilines is 3. The Morgan fingerprint density at radius 1 is 1.07 bits per heavy atom. The first-order valence-electron chi connectivity index (χ1n) is 13.8. The van der Waals surface area contributed by atoms with E-state index in [0.29, 0.717) is 28.8 Å². The molecule has 0 bridgehead atoms. The van der Waals surface area contributed by atoms with Crippen molar-refractivity contribution in [3.05, 3.63) is 72.0 Å². The van der Waals surface area contributed by atoms with Crippen molar-refractivity contribution >= 4 is 43.8 Å². The monoisotopic (exact) mass is 594 g/mol. The van der Waals surface area contributed by atoms with Crippen LogP contribution in [-0.4, -0.2) is 82.4 Å². The molecule has 0 unspecified atom stereocenters. The standard InChI is InChI=1S/C30H35FN6O4S/c1-4-21(19-41-3)32-28-17-22(37-14-12-36(2)13-15-37)8-10-25(28)30(38)33-29-26-18-24(9-11-27(26)34-35-29)42(39,40)23-7-5-6-20(31)16-23/h5-11,16-18,21,32H,4,12-15,19H2,1-3H3,(H2,33,34,35,38)/t21-/m1/s1. The van der Waals surface area contributed by atoms with Crippen LogP contribution in [0, 0.1) is 5.82 Å². The second-order valence-corrected chi connectivity index (χ2v) is 12.4. The van der Waals surface area contributed by atoms with Gasteiger partial charge in [-0.2, -0.15) is 5.10 Å². The lowest BCUT2D eigenvalue weighted by molar-refractivity contribution is 0.102. The fourth-order valence-corrected chi connectivity index (χ4v) is 6.31. The van der Waals surface area contributed by atoms with Gasteiger partial charge in [-0.1, -0.05) is 13.0 Å². The van der Waals surface area contributed by atoms with E-state index < -0.39 is 21.6 Å². The van der Waals surface area contributed by atoms with E-state index in [-0.39, 0.29) is 21.7 Å². The number of benzene rings is 3. The third-order valence-electron chi connectivity index (χ3n) is 7.52. The molecule has 5 rings (SSSR count). The molecule has 1 atom stereocenters. The number of sulfone groups is 1. The van der Waals surface area contributed by atoms with Gasteiger partial charge in [-0.05, 0) is 68.1 Å². The highest BCUT2D eigenvalue weighted by Gasteiger charge is 2.23. The summed E-state index contributed by atoms with van der Waals surface area (Å²) in [7, 11) is -0.253. The molecule has 1 saturated heterocycles. The highest BCUT2D eigenvalue weighted by atomic mass is 32.2. The van der Waals surface area contributed by atoms with E-state index in [1.807, 2.05) is 19.1 Å². The highest BCUT2D eigenvalue weighted by Crippen LogP contribution is 2.30. The van der Waals surface area contributed by atoms with Gasteiger partial charge in [0.1, 0.15) is 5.82 Å². The van der Waals surface area contributed by atoms with Gasteiger partial charge in [0, 0.05) is 56.1 Å². The van der Waals surface area contributed by atoms with Crippen molar-refractivity contribution in [1.82, 2.24) is 15.1 Å². The number of piperazine rings is 1. The minimum absolute atomic E-state index is 0.00825. The Hall–Kier alpha value is -4.00. The van der Waals surface area contributed by atoms with E-state index in [9.17, 15) is 17.6 Å². The first-order valence-corrected chi connectivity index (χ1v) is 15.3. The maximum atomic E-state index is 13.8. The first-order chi connectivity index (χ1) is 20.2. The first kappa shape index (κ1) is 29.5. The number of ether oxygens (including phenoxy) is 1.